The van der Waals surface area contributed by atoms with E-state index in [2.05, 4.69) is 5.23 Å². The van der Waals surface area contributed by atoms with Crippen molar-refractivity contribution >= 4 is 13.0 Å². The molecular formula is C12H22BNO2. The molecule has 0 aliphatic heterocycles. The van der Waals surface area contributed by atoms with Gasteiger partial charge in [-0.25, -0.2) is 0 Å². The van der Waals surface area contributed by atoms with E-state index in [4.69, 9.17) is 0 Å². The normalized spacial score (nSPS) is 13.2. The van der Waals surface area contributed by atoms with Gasteiger partial charge in [-0.15, -0.1) is 0 Å². The number of nitrogens with one attached hydrogen (secondary N) is 1. The number of hydrogen-bond acceptors (Lipinski definition) is 2. The molecule has 0 aliphatic rings. The van der Waals surface area contributed by atoms with Gasteiger partial charge in [0.1, 0.15) is 0 Å². The van der Waals surface area contributed by atoms with Crippen LogP contribution in [0.25, 0.3) is 0 Å². The first-order valence-electron chi connectivity index (χ1n) is 5.75. The first kappa shape index (κ1) is 15.0. The lowest BCUT2D eigenvalue weighted by Gasteiger charge is -2.11. The van der Waals surface area contributed by atoms with E-state index in [0.717, 1.165) is 23.9 Å². The minimum absolute atomic E-state index is 0.198. The quantitative estimate of drug-likeness (QED) is 0.554. The van der Waals surface area contributed by atoms with Gasteiger partial charge in [-0.05, 0) is 33.6 Å². The molecule has 4 heteroatoms. The molecule has 0 unspecified atom stereocenters. The Balaban J connectivity index is 4.53. The summed E-state index contributed by atoms with van der Waals surface area (Å²) in [6.45, 7) is 9.51. The van der Waals surface area contributed by atoms with Gasteiger partial charge in [0, 0.05) is 5.57 Å². The molecular weight excluding hydrogens is 201 g/mol. The molecule has 0 rings (SSSR count). The molecule has 0 saturated carbocycles. The Morgan fingerprint density at radius 2 is 1.88 bits per heavy atom. The van der Waals surface area contributed by atoms with Crippen LogP contribution >= 0.6 is 0 Å². The van der Waals surface area contributed by atoms with Crippen LogP contribution in [0, 0.1) is 0 Å². The van der Waals surface area contributed by atoms with Crippen LogP contribution in [0.3, 0.4) is 0 Å². The maximum absolute atomic E-state index is 11.7. The van der Waals surface area contributed by atoms with Crippen molar-refractivity contribution in [1.82, 2.24) is 5.23 Å². The molecule has 0 fully saturated rings. The fourth-order valence-corrected chi connectivity index (χ4v) is 1.24. The summed E-state index contributed by atoms with van der Waals surface area (Å²) in [5.74, 6) is -0.198. The summed E-state index contributed by atoms with van der Waals surface area (Å²) < 4.78 is 0. The van der Waals surface area contributed by atoms with Gasteiger partial charge in [0.25, 0.3) is 0 Å². The maximum Gasteiger partial charge on any atom is 0.444 e. The molecule has 0 atom stereocenters. The summed E-state index contributed by atoms with van der Waals surface area (Å²) >= 11 is 0. The van der Waals surface area contributed by atoms with E-state index in [9.17, 15) is 9.82 Å². The molecule has 16 heavy (non-hydrogen) atoms. The van der Waals surface area contributed by atoms with Crippen molar-refractivity contribution < 1.29 is 9.82 Å². The molecule has 3 nitrogen and oxygen atoms in total. The standard InChI is InChI=1S/C12H22BNO2/c1-6-8-10(4)13(16)14-12(15)11(5)9(3)7-2/h8,16H,6-7H2,1-5H3,(H,14,15)/b10-8+,11-9+. The third-order valence-corrected chi connectivity index (χ3v) is 2.74. The second kappa shape index (κ2) is 7.28. The average Bonchev–Trinajstić information content (AvgIpc) is 2.26. The number of allylic oxidation sites excluding steroid dienone is 3. The Labute approximate surface area is 98.8 Å². The van der Waals surface area contributed by atoms with Crippen LogP contribution in [-0.4, -0.2) is 18.0 Å². The average molecular weight is 223 g/mol. The lowest BCUT2D eigenvalue weighted by molar-refractivity contribution is -0.116. The Morgan fingerprint density at radius 1 is 1.31 bits per heavy atom. The van der Waals surface area contributed by atoms with Gasteiger partial charge in [-0.2, -0.15) is 0 Å². The van der Waals surface area contributed by atoms with Gasteiger partial charge in [-0.3, -0.25) is 4.79 Å². The first-order chi connectivity index (χ1) is 7.43. The van der Waals surface area contributed by atoms with Crippen molar-refractivity contribution in [3.05, 3.63) is 22.7 Å². The zero-order valence-electron chi connectivity index (χ0n) is 10.9. The maximum atomic E-state index is 11.7. The number of carbonyl (C=O) groups is 1. The van der Waals surface area contributed by atoms with E-state index in [-0.39, 0.29) is 5.91 Å². The van der Waals surface area contributed by atoms with Crippen molar-refractivity contribution in [2.75, 3.05) is 0 Å². The third-order valence-electron chi connectivity index (χ3n) is 2.74. The van der Waals surface area contributed by atoms with Crippen LogP contribution in [-0.2, 0) is 4.79 Å². The van der Waals surface area contributed by atoms with E-state index >= 15 is 0 Å². The number of amides is 1. The molecule has 0 aromatic carbocycles. The molecule has 0 spiro atoms. The van der Waals surface area contributed by atoms with Gasteiger partial charge >= 0.3 is 7.05 Å². The largest absolute Gasteiger partial charge is 0.444 e. The van der Waals surface area contributed by atoms with E-state index < -0.39 is 7.05 Å². The van der Waals surface area contributed by atoms with Crippen molar-refractivity contribution in [3.8, 4) is 0 Å². The monoisotopic (exact) mass is 223 g/mol. The van der Waals surface area contributed by atoms with Crippen LogP contribution in [0.4, 0.5) is 0 Å². The number of carbonyl (C=O) groups excluding carboxylic acids is 1. The minimum Gasteiger partial charge on any atom is -0.429 e. The van der Waals surface area contributed by atoms with Gasteiger partial charge in [0.15, 0.2) is 0 Å². The summed E-state index contributed by atoms with van der Waals surface area (Å²) in [4.78, 5) is 11.7. The Kier molecular flexibility index (Phi) is 6.82. The summed E-state index contributed by atoms with van der Waals surface area (Å²) in [5, 5.41) is 12.3. The first-order valence-corrected chi connectivity index (χ1v) is 5.75. The van der Waals surface area contributed by atoms with Crippen molar-refractivity contribution in [2.24, 2.45) is 0 Å². The van der Waals surface area contributed by atoms with E-state index in [0.29, 0.717) is 5.57 Å². The summed E-state index contributed by atoms with van der Waals surface area (Å²) in [7, 11) is -0.882. The molecule has 0 aliphatic carbocycles. The van der Waals surface area contributed by atoms with Crippen LogP contribution in [0.5, 0.6) is 0 Å². The molecule has 90 valence electrons. The van der Waals surface area contributed by atoms with Crippen molar-refractivity contribution in [1.29, 1.82) is 0 Å². The zero-order valence-corrected chi connectivity index (χ0v) is 10.9. The van der Waals surface area contributed by atoms with Crippen LogP contribution in [0.2, 0.25) is 0 Å². The third kappa shape index (κ3) is 4.66. The highest BCUT2D eigenvalue weighted by atomic mass is 16.2. The summed E-state index contributed by atoms with van der Waals surface area (Å²) in [6.07, 6.45) is 3.59. The summed E-state index contributed by atoms with van der Waals surface area (Å²) in [5.41, 5.74) is 2.51. The molecule has 1 amide bonds. The highest BCUT2D eigenvalue weighted by Crippen LogP contribution is 2.07. The van der Waals surface area contributed by atoms with Gasteiger partial charge in [0.05, 0.1) is 0 Å². The van der Waals surface area contributed by atoms with Crippen LogP contribution in [0.15, 0.2) is 22.7 Å². The second-order valence-electron chi connectivity index (χ2n) is 3.99. The van der Waals surface area contributed by atoms with E-state index in [1.54, 1.807) is 13.8 Å². The fourth-order valence-electron chi connectivity index (χ4n) is 1.24. The molecule has 0 bridgehead atoms. The topological polar surface area (TPSA) is 49.3 Å². The molecule has 0 aromatic heterocycles. The van der Waals surface area contributed by atoms with Crippen molar-refractivity contribution in [2.45, 2.75) is 47.5 Å². The lowest BCUT2D eigenvalue weighted by atomic mass is 9.73. The van der Waals surface area contributed by atoms with Gasteiger partial charge < -0.3 is 10.3 Å². The van der Waals surface area contributed by atoms with E-state index in [1.165, 1.54) is 0 Å². The predicted molar refractivity (Wildman–Crippen MR) is 68.8 cm³/mol. The number of rotatable bonds is 5. The van der Waals surface area contributed by atoms with Crippen molar-refractivity contribution in [3.63, 3.8) is 0 Å². The Bertz CT molecular complexity index is 308. The molecule has 0 saturated heterocycles. The zero-order chi connectivity index (χ0) is 12.7. The Hall–Kier alpha value is -1.03. The summed E-state index contributed by atoms with van der Waals surface area (Å²) in [6, 6.07) is 0. The second-order valence-corrected chi connectivity index (χ2v) is 3.99. The fraction of sp³-hybridized carbons (Fsp3) is 0.583. The SMILES string of the molecule is CC/C=C(\C)B(O)NC(=O)/C(C)=C(\C)CC. The number of hydrogen-bond donors (Lipinski definition) is 2. The van der Waals surface area contributed by atoms with E-state index in [1.807, 2.05) is 26.8 Å². The predicted octanol–water partition coefficient (Wildman–Crippen LogP) is 2.22. The smallest absolute Gasteiger partial charge is 0.429 e. The van der Waals surface area contributed by atoms with Gasteiger partial charge in [-0.1, -0.05) is 31.0 Å². The lowest BCUT2D eigenvalue weighted by Crippen LogP contribution is -2.40. The van der Waals surface area contributed by atoms with Gasteiger partial charge in [0.2, 0.25) is 5.91 Å². The Morgan fingerprint density at radius 3 is 2.31 bits per heavy atom. The highest BCUT2D eigenvalue weighted by Gasteiger charge is 2.18. The van der Waals surface area contributed by atoms with Crippen LogP contribution in [0.1, 0.15) is 47.5 Å². The molecule has 0 aromatic rings. The highest BCUT2D eigenvalue weighted by molar-refractivity contribution is 6.59. The molecule has 0 heterocycles. The van der Waals surface area contributed by atoms with Crippen LogP contribution < -0.4 is 5.23 Å². The minimum atomic E-state index is -0.882. The molecule has 2 N–H and O–H groups in total. The molecule has 0 radical (unpaired) electrons.